The molecule has 5 heteroatoms. The molecule has 1 aromatic heterocycles. The molecule has 5 nitrogen and oxygen atoms in total. The Balaban J connectivity index is 1.96. The minimum atomic E-state index is -0.522. The first-order valence-corrected chi connectivity index (χ1v) is 6.43. The Hall–Kier alpha value is -1.91. The number of nitrogens with one attached hydrogen (secondary N) is 1. The minimum Gasteiger partial charge on any atom is -0.444 e. The lowest BCUT2D eigenvalue weighted by atomic mass is 10.2. The number of amides is 1. The summed E-state index contributed by atoms with van der Waals surface area (Å²) in [5, 5.41) is 2.60. The van der Waals surface area contributed by atoms with Crippen molar-refractivity contribution in [2.24, 2.45) is 5.92 Å². The van der Waals surface area contributed by atoms with Gasteiger partial charge in [0.25, 0.3) is 0 Å². The fraction of sp³-hybridized carbons (Fsp3) is 0.500. The molecular formula is C14H19N3O2. The van der Waals surface area contributed by atoms with Crippen LogP contribution in [-0.2, 0) is 4.74 Å². The Kier molecular flexibility index (Phi) is 3.83. The zero-order valence-corrected chi connectivity index (χ0v) is 11.5. The van der Waals surface area contributed by atoms with Crippen LogP contribution in [0.3, 0.4) is 0 Å². The van der Waals surface area contributed by atoms with Crippen molar-refractivity contribution in [2.45, 2.75) is 39.2 Å². The molecule has 0 spiro atoms. The van der Waals surface area contributed by atoms with Crippen molar-refractivity contribution in [3.05, 3.63) is 24.2 Å². The quantitative estimate of drug-likeness (QED) is 0.907. The molecule has 1 aromatic rings. The average molecular weight is 261 g/mol. The van der Waals surface area contributed by atoms with E-state index in [4.69, 9.17) is 4.74 Å². The van der Waals surface area contributed by atoms with Gasteiger partial charge in [-0.15, -0.1) is 0 Å². The summed E-state index contributed by atoms with van der Waals surface area (Å²) < 4.78 is 5.16. The molecule has 1 aliphatic rings. The second-order valence-electron chi connectivity index (χ2n) is 5.65. The minimum absolute atomic E-state index is 0.444. The van der Waals surface area contributed by atoms with Crippen molar-refractivity contribution in [1.29, 1.82) is 0 Å². The van der Waals surface area contributed by atoms with Crippen molar-refractivity contribution in [3.8, 4) is 0 Å². The second-order valence-corrected chi connectivity index (χ2v) is 5.65. The van der Waals surface area contributed by atoms with Gasteiger partial charge in [-0.1, -0.05) is 6.08 Å². The average Bonchev–Trinajstić information content (AvgIpc) is 3.07. The molecule has 1 heterocycles. The maximum atomic E-state index is 11.6. The molecule has 102 valence electrons. The standard InChI is InChI=1S/C14H19N3O2/c1-14(2,3)19-13(18)17-12-8-11(15-9-16-12)7-6-10-4-5-10/h6-10H,4-5H2,1-3H3,(H,15,16,17,18). The highest BCUT2D eigenvalue weighted by Crippen LogP contribution is 2.30. The monoisotopic (exact) mass is 261 g/mol. The van der Waals surface area contributed by atoms with Gasteiger partial charge in [-0.3, -0.25) is 5.32 Å². The number of carbonyl (C=O) groups is 1. The van der Waals surface area contributed by atoms with Gasteiger partial charge in [0, 0.05) is 6.07 Å². The molecule has 0 unspecified atom stereocenters. The predicted molar refractivity (Wildman–Crippen MR) is 73.6 cm³/mol. The molecule has 1 aliphatic carbocycles. The Labute approximate surface area is 113 Å². The van der Waals surface area contributed by atoms with E-state index in [0.717, 1.165) is 5.69 Å². The summed E-state index contributed by atoms with van der Waals surface area (Å²) in [6, 6.07) is 1.72. The lowest BCUT2D eigenvalue weighted by molar-refractivity contribution is 0.0635. The Bertz CT molecular complexity index is 488. The Morgan fingerprint density at radius 1 is 1.42 bits per heavy atom. The number of nitrogens with zero attached hydrogens (tertiary/aromatic N) is 2. The van der Waals surface area contributed by atoms with Crippen LogP contribution >= 0.6 is 0 Å². The summed E-state index contributed by atoms with van der Waals surface area (Å²) in [7, 11) is 0. The Morgan fingerprint density at radius 3 is 2.79 bits per heavy atom. The van der Waals surface area contributed by atoms with Crippen molar-refractivity contribution < 1.29 is 9.53 Å². The molecule has 0 saturated heterocycles. The molecule has 0 aliphatic heterocycles. The van der Waals surface area contributed by atoms with Crippen LogP contribution in [0.4, 0.5) is 10.6 Å². The van der Waals surface area contributed by atoms with Gasteiger partial charge in [0.2, 0.25) is 0 Å². The van der Waals surface area contributed by atoms with Crippen LogP contribution < -0.4 is 5.32 Å². The first kappa shape index (κ1) is 13.5. The van der Waals surface area contributed by atoms with E-state index in [1.165, 1.54) is 19.2 Å². The number of allylic oxidation sites excluding steroid dienone is 1. The predicted octanol–water partition coefficient (Wildman–Crippen LogP) is 3.25. The van der Waals surface area contributed by atoms with Crippen LogP contribution in [0.1, 0.15) is 39.3 Å². The van der Waals surface area contributed by atoms with E-state index in [0.29, 0.717) is 11.7 Å². The van der Waals surface area contributed by atoms with E-state index >= 15 is 0 Å². The summed E-state index contributed by atoms with van der Waals surface area (Å²) in [5.74, 6) is 1.14. The summed E-state index contributed by atoms with van der Waals surface area (Å²) in [4.78, 5) is 19.7. The van der Waals surface area contributed by atoms with Crippen molar-refractivity contribution in [2.75, 3.05) is 5.32 Å². The molecule has 19 heavy (non-hydrogen) atoms. The van der Waals surface area contributed by atoms with E-state index in [1.54, 1.807) is 6.07 Å². The molecule has 0 radical (unpaired) electrons. The van der Waals surface area contributed by atoms with Crippen LogP contribution in [-0.4, -0.2) is 21.7 Å². The second kappa shape index (κ2) is 5.38. The highest BCUT2D eigenvalue weighted by Gasteiger charge is 2.18. The van der Waals surface area contributed by atoms with Crippen LogP contribution in [0.2, 0.25) is 0 Å². The van der Waals surface area contributed by atoms with E-state index in [2.05, 4.69) is 21.4 Å². The van der Waals surface area contributed by atoms with Gasteiger partial charge in [0.05, 0.1) is 5.69 Å². The van der Waals surface area contributed by atoms with Gasteiger partial charge in [-0.25, -0.2) is 14.8 Å². The molecule has 1 saturated carbocycles. The fourth-order valence-electron chi connectivity index (χ4n) is 1.46. The number of carbonyl (C=O) groups excluding carboxylic acids is 1. The third-order valence-electron chi connectivity index (χ3n) is 2.48. The van der Waals surface area contributed by atoms with Crippen molar-refractivity contribution in [3.63, 3.8) is 0 Å². The number of anilines is 1. The molecule has 1 N–H and O–H groups in total. The molecule has 1 fully saturated rings. The van der Waals surface area contributed by atoms with Crippen molar-refractivity contribution >= 4 is 18.0 Å². The molecule has 0 aromatic carbocycles. The van der Waals surface area contributed by atoms with E-state index in [-0.39, 0.29) is 0 Å². The van der Waals surface area contributed by atoms with Crippen LogP contribution in [0.25, 0.3) is 6.08 Å². The zero-order valence-electron chi connectivity index (χ0n) is 11.5. The lowest BCUT2D eigenvalue weighted by Gasteiger charge is -2.19. The van der Waals surface area contributed by atoms with Gasteiger partial charge in [-0.05, 0) is 45.6 Å². The third-order valence-corrected chi connectivity index (χ3v) is 2.48. The maximum absolute atomic E-state index is 11.6. The van der Waals surface area contributed by atoms with E-state index in [9.17, 15) is 4.79 Å². The molecule has 1 amide bonds. The lowest BCUT2D eigenvalue weighted by Crippen LogP contribution is -2.27. The smallest absolute Gasteiger partial charge is 0.413 e. The van der Waals surface area contributed by atoms with Crippen LogP contribution in [0.15, 0.2) is 18.5 Å². The highest BCUT2D eigenvalue weighted by atomic mass is 16.6. The van der Waals surface area contributed by atoms with Gasteiger partial charge in [0.15, 0.2) is 0 Å². The number of hydrogen-bond donors (Lipinski definition) is 1. The fourth-order valence-corrected chi connectivity index (χ4v) is 1.46. The molecular weight excluding hydrogens is 242 g/mol. The third kappa shape index (κ3) is 5.07. The molecule has 2 rings (SSSR count). The van der Waals surface area contributed by atoms with E-state index in [1.807, 2.05) is 26.8 Å². The van der Waals surface area contributed by atoms with Gasteiger partial charge in [0.1, 0.15) is 17.7 Å². The normalized spacial score (nSPS) is 15.5. The van der Waals surface area contributed by atoms with Gasteiger partial charge >= 0.3 is 6.09 Å². The first-order valence-electron chi connectivity index (χ1n) is 6.43. The van der Waals surface area contributed by atoms with Crippen LogP contribution in [0, 0.1) is 5.92 Å². The number of ether oxygens (including phenoxy) is 1. The molecule has 0 bridgehead atoms. The summed E-state index contributed by atoms with van der Waals surface area (Å²) >= 11 is 0. The summed E-state index contributed by atoms with van der Waals surface area (Å²) in [6.45, 7) is 5.45. The summed E-state index contributed by atoms with van der Waals surface area (Å²) in [5.41, 5.74) is 0.263. The van der Waals surface area contributed by atoms with Crippen LogP contribution in [0.5, 0.6) is 0 Å². The Morgan fingerprint density at radius 2 is 2.16 bits per heavy atom. The van der Waals surface area contributed by atoms with Crippen molar-refractivity contribution in [1.82, 2.24) is 9.97 Å². The number of aromatic nitrogens is 2. The number of rotatable bonds is 3. The topological polar surface area (TPSA) is 64.1 Å². The largest absolute Gasteiger partial charge is 0.444 e. The SMILES string of the molecule is CC(C)(C)OC(=O)Nc1cc(C=CC2CC2)ncn1. The first-order chi connectivity index (χ1) is 8.92. The van der Waals surface area contributed by atoms with Gasteiger partial charge in [-0.2, -0.15) is 0 Å². The maximum Gasteiger partial charge on any atom is 0.413 e. The number of hydrogen-bond acceptors (Lipinski definition) is 4. The van der Waals surface area contributed by atoms with Gasteiger partial charge < -0.3 is 4.74 Å². The molecule has 0 atom stereocenters. The highest BCUT2D eigenvalue weighted by molar-refractivity contribution is 5.83. The zero-order chi connectivity index (χ0) is 13.9. The summed E-state index contributed by atoms with van der Waals surface area (Å²) in [6.07, 6.45) is 7.52. The van der Waals surface area contributed by atoms with E-state index < -0.39 is 11.7 Å².